The minimum absolute atomic E-state index is 0.0375. The number of carbonyl (C=O) groups excluding carboxylic acids is 1. The number of carbonyl (C=O) groups is 1. The number of hydrogen-bond acceptors (Lipinski definition) is 5. The van der Waals surface area contributed by atoms with Crippen LogP contribution in [0.5, 0.6) is 0 Å². The SMILES string of the molecule is CCCCC[C@H](O)/C=C/[C@@H]1[C@@H](C/C=C\CCCC(=O)CCCc2cnc[nH]2)[C@@H](O)C[C@H]1O. The van der Waals surface area contributed by atoms with E-state index in [1.807, 2.05) is 6.08 Å². The van der Waals surface area contributed by atoms with Gasteiger partial charge in [0.05, 0.1) is 24.6 Å². The van der Waals surface area contributed by atoms with E-state index in [4.69, 9.17) is 0 Å². The van der Waals surface area contributed by atoms with Crippen molar-refractivity contribution in [3.05, 3.63) is 42.5 Å². The number of allylic oxidation sites excluding steroid dienone is 2. The van der Waals surface area contributed by atoms with Crippen LogP contribution >= 0.6 is 0 Å². The van der Waals surface area contributed by atoms with Crippen molar-refractivity contribution in [2.24, 2.45) is 11.8 Å². The Balaban J connectivity index is 1.64. The van der Waals surface area contributed by atoms with Gasteiger partial charge in [-0.2, -0.15) is 0 Å². The summed E-state index contributed by atoms with van der Waals surface area (Å²) in [6, 6.07) is 0. The predicted octanol–water partition coefficient (Wildman–Crippen LogP) is 4.27. The molecular weight excluding hydrogens is 404 g/mol. The molecule has 1 saturated carbocycles. The van der Waals surface area contributed by atoms with Crippen LogP contribution in [0.1, 0.15) is 83.2 Å². The van der Waals surface area contributed by atoms with Gasteiger partial charge in [-0.25, -0.2) is 4.98 Å². The zero-order valence-corrected chi connectivity index (χ0v) is 19.5. The molecule has 0 radical (unpaired) electrons. The van der Waals surface area contributed by atoms with Crippen molar-refractivity contribution < 1.29 is 20.1 Å². The highest BCUT2D eigenvalue weighted by molar-refractivity contribution is 5.78. The molecule has 0 bridgehead atoms. The molecule has 0 aromatic carbocycles. The average molecular weight is 447 g/mol. The van der Waals surface area contributed by atoms with Crippen molar-refractivity contribution in [3.8, 4) is 0 Å². The van der Waals surface area contributed by atoms with Crippen LogP contribution < -0.4 is 0 Å². The van der Waals surface area contributed by atoms with Crippen LogP contribution in [-0.4, -0.2) is 49.4 Å². The number of nitrogens with one attached hydrogen (secondary N) is 1. The largest absolute Gasteiger partial charge is 0.393 e. The Labute approximate surface area is 192 Å². The molecule has 5 atom stereocenters. The van der Waals surface area contributed by atoms with Crippen molar-refractivity contribution >= 4 is 5.78 Å². The minimum atomic E-state index is -0.568. The molecule has 1 fully saturated rings. The molecule has 0 saturated heterocycles. The number of hydrogen-bond donors (Lipinski definition) is 4. The number of H-pyrrole nitrogens is 1. The summed E-state index contributed by atoms with van der Waals surface area (Å²) in [5, 5.41) is 30.8. The fraction of sp³-hybridized carbons (Fsp3) is 0.692. The zero-order valence-electron chi connectivity index (χ0n) is 19.5. The number of Topliss-reactive ketones (excluding diaryl/α,β-unsaturated/α-hetero) is 1. The second-order valence-corrected chi connectivity index (χ2v) is 9.13. The fourth-order valence-electron chi connectivity index (χ4n) is 4.47. The third-order valence-electron chi connectivity index (χ3n) is 6.43. The smallest absolute Gasteiger partial charge is 0.132 e. The summed E-state index contributed by atoms with van der Waals surface area (Å²) in [6.45, 7) is 2.14. The lowest BCUT2D eigenvalue weighted by Gasteiger charge is -2.19. The topological polar surface area (TPSA) is 106 Å². The van der Waals surface area contributed by atoms with Crippen LogP contribution in [0.15, 0.2) is 36.8 Å². The van der Waals surface area contributed by atoms with Crippen molar-refractivity contribution in [2.75, 3.05) is 0 Å². The Hall–Kier alpha value is -1.76. The van der Waals surface area contributed by atoms with Crippen molar-refractivity contribution in [3.63, 3.8) is 0 Å². The standard InChI is InChI=1S/C26H42N2O4/c1-2-3-6-11-22(30)15-16-24-23(25(31)17-26(24)32)14-8-5-4-7-12-21(29)13-9-10-20-18-27-19-28-20/h5,8,15-16,18-19,22-26,30-32H,2-4,6-7,9-14,17H2,1H3,(H,27,28)/b8-5-,16-15+/t22-,23+,24+,25-,26+/m0/s1. The second-order valence-electron chi connectivity index (χ2n) is 9.13. The van der Waals surface area contributed by atoms with Crippen LogP contribution in [0.3, 0.4) is 0 Å². The van der Waals surface area contributed by atoms with E-state index in [-0.39, 0.29) is 11.8 Å². The highest BCUT2D eigenvalue weighted by atomic mass is 16.3. The van der Waals surface area contributed by atoms with Gasteiger partial charge in [0, 0.05) is 37.1 Å². The number of aliphatic hydroxyl groups excluding tert-OH is 3. The number of aryl methyl sites for hydroxylation is 1. The van der Waals surface area contributed by atoms with Gasteiger partial charge in [0.15, 0.2) is 0 Å². The summed E-state index contributed by atoms with van der Waals surface area (Å²) in [5.74, 6) is 0.131. The molecule has 6 nitrogen and oxygen atoms in total. The first kappa shape index (κ1) is 26.5. The summed E-state index contributed by atoms with van der Waals surface area (Å²) in [7, 11) is 0. The summed E-state index contributed by atoms with van der Waals surface area (Å²) < 4.78 is 0. The summed E-state index contributed by atoms with van der Waals surface area (Å²) in [6.07, 6.45) is 19.3. The van der Waals surface area contributed by atoms with Gasteiger partial charge in [-0.05, 0) is 44.4 Å². The monoisotopic (exact) mass is 446 g/mol. The number of aromatic amines is 1. The molecule has 1 heterocycles. The highest BCUT2D eigenvalue weighted by Gasteiger charge is 2.39. The van der Waals surface area contributed by atoms with Crippen LogP contribution in [0.4, 0.5) is 0 Å². The molecule has 4 N–H and O–H groups in total. The van der Waals surface area contributed by atoms with Gasteiger partial charge in [0.2, 0.25) is 0 Å². The van der Waals surface area contributed by atoms with Gasteiger partial charge in [-0.3, -0.25) is 4.79 Å². The predicted molar refractivity (Wildman–Crippen MR) is 127 cm³/mol. The zero-order chi connectivity index (χ0) is 23.2. The lowest BCUT2D eigenvalue weighted by molar-refractivity contribution is -0.119. The van der Waals surface area contributed by atoms with Crippen LogP contribution in [0.2, 0.25) is 0 Å². The Bertz CT molecular complexity index is 686. The molecular formula is C26H42N2O4. The number of unbranched alkanes of at least 4 members (excludes halogenated alkanes) is 3. The normalized spacial score (nSPS) is 24.6. The van der Waals surface area contributed by atoms with Gasteiger partial charge in [-0.1, -0.05) is 50.5 Å². The Morgan fingerprint density at radius 1 is 1.19 bits per heavy atom. The molecule has 32 heavy (non-hydrogen) atoms. The number of aromatic nitrogens is 2. The van der Waals surface area contributed by atoms with Crippen molar-refractivity contribution in [1.29, 1.82) is 0 Å². The maximum absolute atomic E-state index is 12.0. The third kappa shape index (κ3) is 9.80. The molecule has 1 aromatic rings. The number of nitrogens with zero attached hydrogens (tertiary/aromatic N) is 1. The van der Waals surface area contributed by atoms with Crippen molar-refractivity contribution in [1.82, 2.24) is 9.97 Å². The van der Waals surface area contributed by atoms with E-state index in [9.17, 15) is 20.1 Å². The van der Waals surface area contributed by atoms with E-state index < -0.39 is 18.3 Å². The Kier molecular flexibility index (Phi) is 12.5. The fourth-order valence-corrected chi connectivity index (χ4v) is 4.47. The third-order valence-corrected chi connectivity index (χ3v) is 6.43. The van der Waals surface area contributed by atoms with Gasteiger partial charge in [-0.15, -0.1) is 0 Å². The Morgan fingerprint density at radius 2 is 2.00 bits per heavy atom. The van der Waals surface area contributed by atoms with Crippen LogP contribution in [0, 0.1) is 11.8 Å². The first-order valence-electron chi connectivity index (χ1n) is 12.4. The number of rotatable bonds is 16. The van der Waals surface area contributed by atoms with E-state index in [0.29, 0.717) is 31.5 Å². The number of imidazole rings is 1. The molecule has 0 amide bonds. The van der Waals surface area contributed by atoms with E-state index in [0.717, 1.165) is 57.1 Å². The molecule has 6 heteroatoms. The molecule has 1 aliphatic rings. The molecule has 1 aliphatic carbocycles. The lowest BCUT2D eigenvalue weighted by Crippen LogP contribution is -2.20. The molecule has 0 spiro atoms. The van der Waals surface area contributed by atoms with Gasteiger partial charge >= 0.3 is 0 Å². The Morgan fingerprint density at radius 3 is 2.75 bits per heavy atom. The highest BCUT2D eigenvalue weighted by Crippen LogP contribution is 2.36. The average Bonchev–Trinajstić information content (AvgIpc) is 3.37. The quantitative estimate of drug-likeness (QED) is 0.224. The molecule has 2 rings (SSSR count). The maximum Gasteiger partial charge on any atom is 0.132 e. The van der Waals surface area contributed by atoms with E-state index in [2.05, 4.69) is 29.0 Å². The van der Waals surface area contributed by atoms with E-state index in [1.54, 1.807) is 18.6 Å². The first-order valence-corrected chi connectivity index (χ1v) is 12.4. The molecule has 1 aromatic heterocycles. The summed E-state index contributed by atoms with van der Waals surface area (Å²) in [5.41, 5.74) is 1.07. The molecule has 0 unspecified atom stereocenters. The van der Waals surface area contributed by atoms with Crippen LogP contribution in [-0.2, 0) is 11.2 Å². The summed E-state index contributed by atoms with van der Waals surface area (Å²) in [4.78, 5) is 19.0. The minimum Gasteiger partial charge on any atom is -0.393 e. The number of ketones is 1. The maximum atomic E-state index is 12.0. The number of aliphatic hydroxyl groups is 3. The lowest BCUT2D eigenvalue weighted by atomic mass is 9.89. The van der Waals surface area contributed by atoms with Gasteiger partial charge < -0.3 is 20.3 Å². The summed E-state index contributed by atoms with van der Waals surface area (Å²) >= 11 is 0. The van der Waals surface area contributed by atoms with E-state index in [1.165, 1.54) is 0 Å². The molecule has 180 valence electrons. The van der Waals surface area contributed by atoms with Crippen molar-refractivity contribution in [2.45, 2.75) is 102 Å². The second kappa shape index (κ2) is 15.1. The van der Waals surface area contributed by atoms with Crippen LogP contribution in [0.25, 0.3) is 0 Å². The molecule has 0 aliphatic heterocycles. The van der Waals surface area contributed by atoms with Gasteiger partial charge in [0.25, 0.3) is 0 Å². The van der Waals surface area contributed by atoms with E-state index >= 15 is 0 Å². The first-order chi connectivity index (χ1) is 15.5. The van der Waals surface area contributed by atoms with Gasteiger partial charge in [0.1, 0.15) is 5.78 Å².